The highest BCUT2D eigenvalue weighted by atomic mass is 32.1. The van der Waals surface area contributed by atoms with Crippen molar-refractivity contribution in [2.45, 2.75) is 37.8 Å². The maximum atomic E-state index is 12.3. The minimum Gasteiger partial charge on any atom is -0.347 e. The minimum absolute atomic E-state index is 0.0172. The highest BCUT2D eigenvalue weighted by Crippen LogP contribution is 2.25. The van der Waals surface area contributed by atoms with E-state index in [9.17, 15) is 4.79 Å². The van der Waals surface area contributed by atoms with Gasteiger partial charge in [0.05, 0.1) is 4.88 Å². The second-order valence-electron chi connectivity index (χ2n) is 5.18. The average molecular weight is 274 g/mol. The first-order valence-corrected chi connectivity index (χ1v) is 7.61. The molecule has 1 heterocycles. The molecule has 0 bridgehead atoms. The average Bonchev–Trinajstić information content (AvgIpc) is 2.85. The van der Waals surface area contributed by atoms with Crippen LogP contribution in [-0.2, 0) is 0 Å². The normalized spacial score (nSPS) is 23.4. The number of thiophene rings is 1. The first-order chi connectivity index (χ1) is 9.24. The molecular weight excluding hydrogens is 256 g/mol. The number of carbonyl (C=O) groups is 1. The van der Waals surface area contributed by atoms with Crippen LogP contribution in [0.2, 0.25) is 0 Å². The molecule has 3 rings (SSSR count). The molecule has 0 saturated heterocycles. The molecule has 3 N–H and O–H groups in total. The number of nitrogens with one attached hydrogen (secondary N) is 1. The largest absolute Gasteiger partial charge is 0.347 e. The lowest BCUT2D eigenvalue weighted by atomic mass is 9.91. The van der Waals surface area contributed by atoms with Gasteiger partial charge in [0.25, 0.3) is 5.91 Å². The molecule has 0 spiro atoms. The number of benzene rings is 1. The van der Waals surface area contributed by atoms with E-state index in [2.05, 4.69) is 5.32 Å². The summed E-state index contributed by atoms with van der Waals surface area (Å²) in [5.74, 6) is 0.0172. The minimum atomic E-state index is 0.0172. The lowest BCUT2D eigenvalue weighted by Gasteiger charge is -2.29. The van der Waals surface area contributed by atoms with Gasteiger partial charge in [-0.2, -0.15) is 0 Å². The summed E-state index contributed by atoms with van der Waals surface area (Å²) in [5.41, 5.74) is 6.07. The van der Waals surface area contributed by atoms with Crippen LogP contribution in [0, 0.1) is 0 Å². The van der Waals surface area contributed by atoms with Gasteiger partial charge in [0.15, 0.2) is 0 Å². The fourth-order valence-corrected chi connectivity index (χ4v) is 3.64. The zero-order chi connectivity index (χ0) is 13.2. The van der Waals surface area contributed by atoms with E-state index < -0.39 is 0 Å². The van der Waals surface area contributed by atoms with Crippen molar-refractivity contribution in [1.29, 1.82) is 0 Å². The van der Waals surface area contributed by atoms with Gasteiger partial charge in [-0.3, -0.25) is 4.79 Å². The summed E-state index contributed by atoms with van der Waals surface area (Å²) in [6.07, 6.45) is 4.34. The summed E-state index contributed by atoms with van der Waals surface area (Å²) >= 11 is 1.54. The highest BCUT2D eigenvalue weighted by Gasteiger charge is 2.24. The van der Waals surface area contributed by atoms with Crippen LogP contribution in [0.1, 0.15) is 35.4 Å². The van der Waals surface area contributed by atoms with Gasteiger partial charge in [0.2, 0.25) is 0 Å². The van der Waals surface area contributed by atoms with Gasteiger partial charge in [0, 0.05) is 16.8 Å². The summed E-state index contributed by atoms with van der Waals surface area (Å²) in [6.45, 7) is 0. The second kappa shape index (κ2) is 5.31. The van der Waals surface area contributed by atoms with Crippen molar-refractivity contribution in [3.63, 3.8) is 0 Å². The molecule has 1 aliphatic rings. The molecule has 1 fully saturated rings. The Bertz CT molecular complexity index is 560. The lowest BCUT2D eigenvalue weighted by Crippen LogP contribution is -2.49. The van der Waals surface area contributed by atoms with Crippen LogP contribution in [0.3, 0.4) is 0 Å². The SMILES string of the molecule is N[C@@H]1CCCC[C@H]1NC(=O)c1cc2ccccc2s1. The maximum Gasteiger partial charge on any atom is 0.261 e. The van der Waals surface area contributed by atoms with Gasteiger partial charge in [-0.05, 0) is 30.4 Å². The Kier molecular flexibility index (Phi) is 3.53. The van der Waals surface area contributed by atoms with Crippen molar-refractivity contribution >= 4 is 27.3 Å². The van der Waals surface area contributed by atoms with E-state index >= 15 is 0 Å². The van der Waals surface area contributed by atoms with E-state index in [1.807, 2.05) is 30.3 Å². The molecule has 1 aromatic heterocycles. The van der Waals surface area contributed by atoms with E-state index in [1.54, 1.807) is 11.3 Å². The van der Waals surface area contributed by atoms with Crippen LogP contribution in [0.4, 0.5) is 0 Å². The van der Waals surface area contributed by atoms with Crippen LogP contribution in [0.25, 0.3) is 10.1 Å². The van der Waals surface area contributed by atoms with E-state index in [4.69, 9.17) is 5.73 Å². The first kappa shape index (κ1) is 12.6. The van der Waals surface area contributed by atoms with Gasteiger partial charge >= 0.3 is 0 Å². The summed E-state index contributed by atoms with van der Waals surface area (Å²) in [6, 6.07) is 10.3. The molecule has 1 amide bonds. The number of carbonyl (C=O) groups excluding carboxylic acids is 1. The van der Waals surface area contributed by atoms with Crippen molar-refractivity contribution in [1.82, 2.24) is 5.32 Å². The standard InChI is InChI=1S/C15H18N2OS/c16-11-6-2-3-7-12(11)17-15(18)14-9-10-5-1-4-8-13(10)19-14/h1,4-5,8-9,11-12H,2-3,6-7,16H2,(H,17,18)/t11-,12-/m1/s1. The van der Waals surface area contributed by atoms with Crippen molar-refractivity contribution in [3.8, 4) is 0 Å². The molecule has 0 radical (unpaired) electrons. The Labute approximate surface area is 116 Å². The van der Waals surface area contributed by atoms with E-state index in [0.29, 0.717) is 0 Å². The molecule has 1 aromatic carbocycles. The number of fused-ring (bicyclic) bond motifs is 1. The van der Waals surface area contributed by atoms with Crippen LogP contribution < -0.4 is 11.1 Å². The number of amides is 1. The fraction of sp³-hybridized carbons (Fsp3) is 0.400. The number of hydrogen-bond acceptors (Lipinski definition) is 3. The van der Waals surface area contributed by atoms with Crippen LogP contribution in [-0.4, -0.2) is 18.0 Å². The van der Waals surface area contributed by atoms with Crippen LogP contribution >= 0.6 is 11.3 Å². The van der Waals surface area contributed by atoms with E-state index in [-0.39, 0.29) is 18.0 Å². The maximum absolute atomic E-state index is 12.3. The molecule has 2 atom stereocenters. The number of nitrogens with two attached hydrogens (primary N) is 1. The third-order valence-electron chi connectivity index (χ3n) is 3.79. The monoisotopic (exact) mass is 274 g/mol. The van der Waals surface area contributed by atoms with Crippen molar-refractivity contribution in [3.05, 3.63) is 35.2 Å². The quantitative estimate of drug-likeness (QED) is 0.884. The second-order valence-corrected chi connectivity index (χ2v) is 6.26. The zero-order valence-corrected chi connectivity index (χ0v) is 11.6. The topological polar surface area (TPSA) is 55.1 Å². The molecule has 1 saturated carbocycles. The van der Waals surface area contributed by atoms with Gasteiger partial charge < -0.3 is 11.1 Å². The van der Waals surface area contributed by atoms with Crippen molar-refractivity contribution < 1.29 is 4.79 Å². The molecule has 1 aliphatic carbocycles. The summed E-state index contributed by atoms with van der Waals surface area (Å²) < 4.78 is 1.15. The molecule has 0 aliphatic heterocycles. The Balaban J connectivity index is 1.76. The van der Waals surface area contributed by atoms with E-state index in [0.717, 1.165) is 34.2 Å². The van der Waals surface area contributed by atoms with Gasteiger partial charge in [-0.25, -0.2) is 0 Å². The molecular formula is C15H18N2OS. The fourth-order valence-electron chi connectivity index (χ4n) is 2.67. The predicted molar refractivity (Wildman–Crippen MR) is 79.5 cm³/mol. The van der Waals surface area contributed by atoms with Gasteiger partial charge in [-0.15, -0.1) is 11.3 Å². The highest BCUT2D eigenvalue weighted by molar-refractivity contribution is 7.20. The Hall–Kier alpha value is -1.39. The number of rotatable bonds is 2. The first-order valence-electron chi connectivity index (χ1n) is 6.79. The Morgan fingerprint density at radius 1 is 1.26 bits per heavy atom. The molecule has 4 heteroatoms. The zero-order valence-electron chi connectivity index (χ0n) is 10.8. The summed E-state index contributed by atoms with van der Waals surface area (Å²) in [4.78, 5) is 13.0. The molecule has 3 nitrogen and oxygen atoms in total. The lowest BCUT2D eigenvalue weighted by molar-refractivity contribution is 0.0925. The van der Waals surface area contributed by atoms with Gasteiger partial charge in [-0.1, -0.05) is 31.0 Å². The Morgan fingerprint density at radius 3 is 2.84 bits per heavy atom. The summed E-state index contributed by atoms with van der Waals surface area (Å²) in [5, 5.41) is 4.22. The third-order valence-corrected chi connectivity index (χ3v) is 4.90. The van der Waals surface area contributed by atoms with Crippen LogP contribution in [0.15, 0.2) is 30.3 Å². The van der Waals surface area contributed by atoms with Crippen molar-refractivity contribution in [2.75, 3.05) is 0 Å². The number of hydrogen-bond donors (Lipinski definition) is 2. The molecule has 0 unspecified atom stereocenters. The molecule has 100 valence electrons. The Morgan fingerprint density at radius 2 is 2.05 bits per heavy atom. The molecule has 19 heavy (non-hydrogen) atoms. The van der Waals surface area contributed by atoms with Crippen molar-refractivity contribution in [2.24, 2.45) is 5.73 Å². The smallest absolute Gasteiger partial charge is 0.261 e. The van der Waals surface area contributed by atoms with E-state index in [1.165, 1.54) is 6.42 Å². The molecule has 2 aromatic rings. The predicted octanol–water partition coefficient (Wildman–Crippen LogP) is 2.90. The third kappa shape index (κ3) is 2.65. The van der Waals surface area contributed by atoms with Crippen LogP contribution in [0.5, 0.6) is 0 Å². The van der Waals surface area contributed by atoms with Gasteiger partial charge in [0.1, 0.15) is 0 Å². The summed E-state index contributed by atoms with van der Waals surface area (Å²) in [7, 11) is 0.